The zero-order valence-corrected chi connectivity index (χ0v) is 18.2. The Kier molecular flexibility index (Phi) is 8.62. The first-order valence-electron chi connectivity index (χ1n) is 10.8. The van der Waals surface area contributed by atoms with Gasteiger partial charge in [0.2, 0.25) is 0 Å². The summed E-state index contributed by atoms with van der Waals surface area (Å²) in [6.07, 6.45) is 2.62. The van der Waals surface area contributed by atoms with E-state index in [0.717, 1.165) is 12.0 Å². The Bertz CT molecular complexity index is 884. The summed E-state index contributed by atoms with van der Waals surface area (Å²) in [4.78, 5) is 15.6. The molecule has 0 saturated carbocycles. The molecule has 3 aromatic rings. The molecule has 0 radical (unpaired) electrons. The van der Waals surface area contributed by atoms with Crippen molar-refractivity contribution in [1.82, 2.24) is 4.90 Å². The van der Waals surface area contributed by atoms with Crippen LogP contribution in [0.2, 0.25) is 0 Å². The Morgan fingerprint density at radius 2 is 1.29 bits per heavy atom. The van der Waals surface area contributed by atoms with E-state index < -0.39 is 0 Å². The minimum atomic E-state index is -0.373. The predicted octanol–water partition coefficient (Wildman–Crippen LogP) is 6.01. The number of hydrogen-bond acceptors (Lipinski definition) is 3. The molecule has 0 saturated heterocycles. The van der Waals surface area contributed by atoms with Gasteiger partial charge in [0.15, 0.2) is 0 Å². The van der Waals surface area contributed by atoms with E-state index in [0.29, 0.717) is 13.1 Å². The van der Waals surface area contributed by atoms with Crippen molar-refractivity contribution >= 4 is 5.97 Å². The van der Waals surface area contributed by atoms with Gasteiger partial charge in [-0.2, -0.15) is 0 Å². The first-order chi connectivity index (χ1) is 15.2. The standard InChI is InChI=1S/C28H31NO2/c1-3-13-23(2)27(28(30)31-22-26-18-11-6-12-19-26)29(20-24-14-7-4-8-15-24)21-25-16-9-5-10-17-25/h3-12,14-19,23,27H,1,13,20-22H2,2H3/t23?,27-/m0/s1. The average Bonchev–Trinajstić information content (AvgIpc) is 2.80. The van der Waals surface area contributed by atoms with Crippen molar-refractivity contribution in [3.63, 3.8) is 0 Å². The summed E-state index contributed by atoms with van der Waals surface area (Å²) >= 11 is 0. The van der Waals surface area contributed by atoms with E-state index >= 15 is 0 Å². The first kappa shape index (κ1) is 22.5. The Morgan fingerprint density at radius 1 is 0.839 bits per heavy atom. The van der Waals surface area contributed by atoms with Gasteiger partial charge in [0, 0.05) is 13.1 Å². The molecule has 0 aliphatic carbocycles. The lowest BCUT2D eigenvalue weighted by Crippen LogP contribution is -2.45. The maximum atomic E-state index is 13.4. The summed E-state index contributed by atoms with van der Waals surface area (Å²) in [6, 6.07) is 30.0. The maximum absolute atomic E-state index is 13.4. The lowest BCUT2D eigenvalue weighted by molar-refractivity contribution is -0.154. The Labute approximate surface area is 186 Å². The molecular weight excluding hydrogens is 382 g/mol. The maximum Gasteiger partial charge on any atom is 0.324 e. The normalized spacial score (nSPS) is 12.8. The quantitative estimate of drug-likeness (QED) is 0.285. The Balaban J connectivity index is 1.85. The molecule has 0 spiro atoms. The molecule has 0 aliphatic heterocycles. The van der Waals surface area contributed by atoms with Crippen molar-refractivity contribution in [2.45, 2.75) is 39.1 Å². The van der Waals surface area contributed by atoms with Crippen molar-refractivity contribution < 1.29 is 9.53 Å². The second-order valence-electron chi connectivity index (χ2n) is 7.92. The molecule has 0 aliphatic rings. The lowest BCUT2D eigenvalue weighted by atomic mass is 9.95. The average molecular weight is 414 g/mol. The number of benzene rings is 3. The van der Waals surface area contributed by atoms with Gasteiger partial charge in [0.05, 0.1) is 0 Å². The third-order valence-corrected chi connectivity index (χ3v) is 5.39. The molecule has 0 N–H and O–H groups in total. The van der Waals surface area contributed by atoms with Crippen LogP contribution in [0.5, 0.6) is 0 Å². The number of nitrogens with zero attached hydrogens (tertiary/aromatic N) is 1. The SMILES string of the molecule is C=CCC(C)[C@@H](C(=O)OCc1ccccc1)N(Cc1ccccc1)Cc1ccccc1. The molecule has 0 fully saturated rings. The topological polar surface area (TPSA) is 29.5 Å². The largest absolute Gasteiger partial charge is 0.460 e. The summed E-state index contributed by atoms with van der Waals surface area (Å²) in [5.74, 6) is -0.113. The van der Waals surface area contributed by atoms with E-state index in [9.17, 15) is 4.79 Å². The molecule has 31 heavy (non-hydrogen) atoms. The summed E-state index contributed by atoms with van der Waals surface area (Å²) in [6.45, 7) is 7.61. The minimum Gasteiger partial charge on any atom is -0.460 e. The van der Waals surface area contributed by atoms with Crippen LogP contribution in [-0.4, -0.2) is 16.9 Å². The molecule has 0 bridgehead atoms. The summed E-state index contributed by atoms with van der Waals surface area (Å²) in [7, 11) is 0. The van der Waals surface area contributed by atoms with Crippen LogP contribution in [0.3, 0.4) is 0 Å². The highest BCUT2D eigenvalue weighted by Crippen LogP contribution is 2.23. The van der Waals surface area contributed by atoms with Crippen LogP contribution in [0.25, 0.3) is 0 Å². The van der Waals surface area contributed by atoms with Crippen LogP contribution in [0.1, 0.15) is 30.0 Å². The van der Waals surface area contributed by atoms with Crippen LogP contribution in [0, 0.1) is 5.92 Å². The second kappa shape index (κ2) is 11.9. The van der Waals surface area contributed by atoms with Gasteiger partial charge in [0.1, 0.15) is 12.6 Å². The van der Waals surface area contributed by atoms with Crippen molar-refractivity contribution in [2.24, 2.45) is 5.92 Å². The highest BCUT2D eigenvalue weighted by molar-refractivity contribution is 5.76. The highest BCUT2D eigenvalue weighted by Gasteiger charge is 2.32. The zero-order chi connectivity index (χ0) is 21.9. The Hall–Kier alpha value is -3.17. The summed E-state index contributed by atoms with van der Waals surface area (Å²) < 4.78 is 5.80. The van der Waals surface area contributed by atoms with Gasteiger partial charge in [-0.25, -0.2) is 0 Å². The predicted molar refractivity (Wildman–Crippen MR) is 126 cm³/mol. The van der Waals surface area contributed by atoms with Crippen molar-refractivity contribution in [1.29, 1.82) is 0 Å². The van der Waals surface area contributed by atoms with E-state index in [4.69, 9.17) is 4.74 Å². The molecule has 3 rings (SSSR count). The molecular formula is C28H31NO2. The van der Waals surface area contributed by atoms with E-state index in [2.05, 4.69) is 42.7 Å². The summed E-state index contributed by atoms with van der Waals surface area (Å²) in [5.41, 5.74) is 3.33. The van der Waals surface area contributed by atoms with E-state index in [1.165, 1.54) is 11.1 Å². The van der Waals surface area contributed by atoms with Crippen LogP contribution in [0.4, 0.5) is 0 Å². The van der Waals surface area contributed by atoms with Crippen LogP contribution >= 0.6 is 0 Å². The molecule has 3 aromatic carbocycles. The molecule has 0 amide bonds. The Morgan fingerprint density at radius 3 is 1.74 bits per heavy atom. The second-order valence-corrected chi connectivity index (χ2v) is 7.92. The monoisotopic (exact) mass is 413 g/mol. The number of carbonyl (C=O) groups is 1. The van der Waals surface area contributed by atoms with Gasteiger partial charge in [-0.1, -0.05) is 104 Å². The number of carbonyl (C=O) groups excluding carboxylic acids is 1. The lowest BCUT2D eigenvalue weighted by Gasteiger charge is -2.34. The van der Waals surface area contributed by atoms with Gasteiger partial charge in [0.25, 0.3) is 0 Å². The number of esters is 1. The van der Waals surface area contributed by atoms with Crippen LogP contribution < -0.4 is 0 Å². The van der Waals surface area contributed by atoms with Crippen molar-refractivity contribution in [2.75, 3.05) is 0 Å². The van der Waals surface area contributed by atoms with Gasteiger partial charge < -0.3 is 4.74 Å². The molecule has 0 aromatic heterocycles. The zero-order valence-electron chi connectivity index (χ0n) is 18.2. The van der Waals surface area contributed by atoms with Crippen LogP contribution in [0.15, 0.2) is 104 Å². The fourth-order valence-electron chi connectivity index (χ4n) is 3.84. The van der Waals surface area contributed by atoms with Gasteiger partial charge >= 0.3 is 5.97 Å². The third kappa shape index (κ3) is 6.94. The molecule has 1 unspecified atom stereocenters. The highest BCUT2D eigenvalue weighted by atomic mass is 16.5. The number of hydrogen-bond donors (Lipinski definition) is 0. The smallest absolute Gasteiger partial charge is 0.324 e. The van der Waals surface area contributed by atoms with E-state index in [1.54, 1.807) is 0 Å². The number of allylic oxidation sites excluding steroid dienone is 1. The third-order valence-electron chi connectivity index (χ3n) is 5.39. The number of ether oxygens (including phenoxy) is 1. The summed E-state index contributed by atoms with van der Waals surface area (Å²) in [5, 5.41) is 0. The van der Waals surface area contributed by atoms with Gasteiger partial charge in [-0.05, 0) is 29.0 Å². The molecule has 3 nitrogen and oxygen atoms in total. The van der Waals surface area contributed by atoms with E-state index in [-0.39, 0.29) is 24.5 Å². The van der Waals surface area contributed by atoms with Crippen molar-refractivity contribution in [3.8, 4) is 0 Å². The minimum absolute atomic E-state index is 0.0770. The fraction of sp³-hybridized carbons (Fsp3) is 0.250. The van der Waals surface area contributed by atoms with Crippen LogP contribution in [-0.2, 0) is 29.2 Å². The van der Waals surface area contributed by atoms with E-state index in [1.807, 2.05) is 72.8 Å². The molecule has 0 heterocycles. The number of rotatable bonds is 11. The molecule has 2 atom stereocenters. The van der Waals surface area contributed by atoms with Crippen molar-refractivity contribution in [3.05, 3.63) is 120 Å². The van der Waals surface area contributed by atoms with Gasteiger partial charge in [-0.15, -0.1) is 6.58 Å². The molecule has 3 heteroatoms. The molecule has 160 valence electrons. The first-order valence-corrected chi connectivity index (χ1v) is 10.8. The fourth-order valence-corrected chi connectivity index (χ4v) is 3.84. The van der Waals surface area contributed by atoms with Gasteiger partial charge in [-0.3, -0.25) is 9.69 Å².